The summed E-state index contributed by atoms with van der Waals surface area (Å²) in [6, 6.07) is 5.53. The Labute approximate surface area is 65.6 Å². The van der Waals surface area contributed by atoms with Crippen LogP contribution in [0.4, 0.5) is 0 Å². The highest BCUT2D eigenvalue weighted by molar-refractivity contribution is 6.33. The quantitative estimate of drug-likeness (QED) is 0.512. The van der Waals surface area contributed by atoms with E-state index >= 15 is 0 Å². The fourth-order valence-corrected chi connectivity index (χ4v) is 1.08. The summed E-state index contributed by atoms with van der Waals surface area (Å²) in [7, 11) is 5.55. The Balaban J connectivity index is 2.86. The van der Waals surface area contributed by atoms with Crippen LogP contribution < -0.4 is 5.46 Å². The van der Waals surface area contributed by atoms with Gasteiger partial charge >= 0.3 is 0 Å². The average molecular weight is 143 g/mol. The van der Waals surface area contributed by atoms with E-state index in [0.717, 1.165) is 16.7 Å². The third-order valence-corrected chi connectivity index (χ3v) is 1.68. The largest absolute Gasteiger partial charge is 0.356 e. The summed E-state index contributed by atoms with van der Waals surface area (Å²) in [5, 5.41) is 4.83. The minimum absolute atomic E-state index is 0.702. The van der Waals surface area contributed by atoms with E-state index in [1.54, 1.807) is 6.07 Å². The van der Waals surface area contributed by atoms with Crippen LogP contribution in [0.15, 0.2) is 22.7 Å². The molecule has 0 bridgehead atoms. The second kappa shape index (κ2) is 2.12. The number of aromatic nitrogens is 1. The lowest BCUT2D eigenvalue weighted by atomic mass is 9.95. The molecule has 0 amide bonds. The van der Waals surface area contributed by atoms with Gasteiger partial charge in [0.2, 0.25) is 0 Å². The molecule has 1 aromatic heterocycles. The second-order valence-electron chi connectivity index (χ2n) is 2.52. The zero-order valence-corrected chi connectivity index (χ0v) is 6.16. The van der Waals surface area contributed by atoms with Gasteiger partial charge in [0.25, 0.3) is 0 Å². The molecule has 52 valence electrons. The molecule has 2 aromatic rings. The lowest BCUT2D eigenvalue weighted by molar-refractivity contribution is 0.450. The van der Waals surface area contributed by atoms with Crippen LogP contribution in [0.2, 0.25) is 0 Å². The van der Waals surface area contributed by atoms with Gasteiger partial charge in [0.15, 0.2) is 5.58 Å². The number of hydrogen-bond acceptors (Lipinski definition) is 2. The highest BCUT2D eigenvalue weighted by Gasteiger charge is 2.01. The zero-order valence-electron chi connectivity index (χ0n) is 6.16. The molecular weight excluding hydrogens is 137 g/mol. The first kappa shape index (κ1) is 6.46. The van der Waals surface area contributed by atoms with Crippen molar-refractivity contribution >= 4 is 24.3 Å². The van der Waals surface area contributed by atoms with Crippen molar-refractivity contribution in [1.82, 2.24) is 5.16 Å². The van der Waals surface area contributed by atoms with Gasteiger partial charge in [0.1, 0.15) is 7.85 Å². The van der Waals surface area contributed by atoms with Crippen molar-refractivity contribution in [1.29, 1.82) is 0 Å². The number of nitrogens with zero attached hydrogens (tertiary/aromatic N) is 1. The van der Waals surface area contributed by atoms with E-state index in [1.807, 2.05) is 19.1 Å². The minimum Gasteiger partial charge on any atom is -0.356 e. The highest BCUT2D eigenvalue weighted by Crippen LogP contribution is 2.14. The van der Waals surface area contributed by atoms with Crippen molar-refractivity contribution in [2.45, 2.75) is 6.92 Å². The molecule has 0 N–H and O–H groups in total. The molecule has 0 aliphatic carbocycles. The summed E-state index contributed by atoms with van der Waals surface area (Å²) in [4.78, 5) is 0. The van der Waals surface area contributed by atoms with E-state index in [9.17, 15) is 0 Å². The van der Waals surface area contributed by atoms with Gasteiger partial charge < -0.3 is 4.52 Å². The molecule has 0 saturated carbocycles. The van der Waals surface area contributed by atoms with Gasteiger partial charge in [0, 0.05) is 5.39 Å². The van der Waals surface area contributed by atoms with Gasteiger partial charge in [-0.3, -0.25) is 0 Å². The van der Waals surface area contributed by atoms with Gasteiger partial charge in [-0.2, -0.15) is 0 Å². The maximum atomic E-state index is 5.55. The Kier molecular flexibility index (Phi) is 1.25. The van der Waals surface area contributed by atoms with Gasteiger partial charge in [-0.1, -0.05) is 16.7 Å². The van der Waals surface area contributed by atoms with E-state index in [1.165, 1.54) is 0 Å². The van der Waals surface area contributed by atoms with E-state index in [4.69, 9.17) is 12.4 Å². The molecule has 0 spiro atoms. The molecule has 0 aliphatic heterocycles. The number of benzene rings is 1. The first-order valence-electron chi connectivity index (χ1n) is 3.39. The third kappa shape index (κ3) is 0.927. The van der Waals surface area contributed by atoms with E-state index in [2.05, 4.69) is 5.16 Å². The van der Waals surface area contributed by atoms with Crippen LogP contribution >= 0.6 is 0 Å². The van der Waals surface area contributed by atoms with Crippen LogP contribution in [0.5, 0.6) is 0 Å². The zero-order chi connectivity index (χ0) is 7.84. The molecule has 0 atom stereocenters. The Morgan fingerprint density at radius 2 is 2.27 bits per heavy atom. The molecule has 0 fully saturated rings. The van der Waals surface area contributed by atoms with Crippen LogP contribution in [-0.4, -0.2) is 13.0 Å². The van der Waals surface area contributed by atoms with Gasteiger partial charge in [0.05, 0.1) is 5.69 Å². The van der Waals surface area contributed by atoms with Crippen LogP contribution in [-0.2, 0) is 0 Å². The van der Waals surface area contributed by atoms with Crippen LogP contribution in [0.3, 0.4) is 0 Å². The van der Waals surface area contributed by atoms with Crippen molar-refractivity contribution in [2.75, 3.05) is 0 Å². The summed E-state index contributed by atoms with van der Waals surface area (Å²) in [5.41, 5.74) is 2.36. The average Bonchev–Trinajstić information content (AvgIpc) is 2.32. The Hall–Kier alpha value is -1.25. The Bertz CT molecular complexity index is 394. The smallest absolute Gasteiger partial charge is 0.166 e. The molecule has 3 heteroatoms. The van der Waals surface area contributed by atoms with Crippen molar-refractivity contribution in [2.24, 2.45) is 0 Å². The van der Waals surface area contributed by atoms with E-state index in [-0.39, 0.29) is 0 Å². The first-order valence-corrected chi connectivity index (χ1v) is 3.39. The molecule has 0 saturated heterocycles. The Morgan fingerprint density at radius 1 is 1.45 bits per heavy atom. The fourth-order valence-electron chi connectivity index (χ4n) is 1.08. The molecule has 11 heavy (non-hydrogen) atoms. The molecule has 1 heterocycles. The Morgan fingerprint density at radius 3 is 3.09 bits per heavy atom. The summed E-state index contributed by atoms with van der Waals surface area (Å²) < 4.78 is 5.00. The lowest BCUT2D eigenvalue weighted by Crippen LogP contribution is -1.98. The van der Waals surface area contributed by atoms with Crippen molar-refractivity contribution in [3.63, 3.8) is 0 Å². The van der Waals surface area contributed by atoms with E-state index in [0.29, 0.717) is 5.46 Å². The number of rotatable bonds is 0. The van der Waals surface area contributed by atoms with Crippen LogP contribution in [0.1, 0.15) is 5.69 Å². The van der Waals surface area contributed by atoms with Gasteiger partial charge in [-0.05, 0) is 19.1 Å². The van der Waals surface area contributed by atoms with Gasteiger partial charge in [-0.15, -0.1) is 0 Å². The number of fused-ring (bicyclic) bond motifs is 1. The molecule has 2 radical (unpaired) electrons. The predicted molar refractivity (Wildman–Crippen MR) is 44.1 cm³/mol. The predicted octanol–water partition coefficient (Wildman–Crippen LogP) is 0.930. The minimum atomic E-state index is 0.702. The van der Waals surface area contributed by atoms with Crippen molar-refractivity contribution in [3.05, 3.63) is 23.9 Å². The summed E-state index contributed by atoms with van der Waals surface area (Å²) in [6.07, 6.45) is 0. The third-order valence-electron chi connectivity index (χ3n) is 1.68. The normalized spacial score (nSPS) is 10.6. The van der Waals surface area contributed by atoms with Crippen LogP contribution in [0.25, 0.3) is 11.0 Å². The topological polar surface area (TPSA) is 26.0 Å². The van der Waals surface area contributed by atoms with Crippen molar-refractivity contribution < 1.29 is 4.52 Å². The number of aryl methyl sites for hydroxylation is 1. The maximum Gasteiger partial charge on any atom is 0.166 e. The molecule has 2 nitrogen and oxygen atoms in total. The summed E-state index contributed by atoms with van der Waals surface area (Å²) in [5.74, 6) is 0. The molecule has 0 aliphatic rings. The maximum absolute atomic E-state index is 5.55. The summed E-state index contributed by atoms with van der Waals surface area (Å²) >= 11 is 0. The molecular formula is C8H6BNO. The fraction of sp³-hybridized carbons (Fsp3) is 0.125. The summed E-state index contributed by atoms with van der Waals surface area (Å²) in [6.45, 7) is 1.90. The van der Waals surface area contributed by atoms with Gasteiger partial charge in [-0.25, -0.2) is 0 Å². The molecule has 0 unspecified atom stereocenters. The highest BCUT2D eigenvalue weighted by atomic mass is 16.5. The molecule has 1 aromatic carbocycles. The lowest BCUT2D eigenvalue weighted by Gasteiger charge is -1.89. The SMILES string of the molecule is [B]c1ccc2c(C)noc2c1. The monoisotopic (exact) mass is 143 g/mol. The molecule has 2 rings (SSSR count). The standard InChI is InChI=1S/C8H6BNO/c1-5-7-3-2-6(9)4-8(7)11-10-5/h2-4H,1H3. The van der Waals surface area contributed by atoms with Crippen molar-refractivity contribution in [3.8, 4) is 0 Å². The number of hydrogen-bond donors (Lipinski definition) is 0. The van der Waals surface area contributed by atoms with Crippen LogP contribution in [0, 0.1) is 6.92 Å². The second-order valence-corrected chi connectivity index (χ2v) is 2.52. The first-order chi connectivity index (χ1) is 5.27. The van der Waals surface area contributed by atoms with E-state index < -0.39 is 0 Å².